The normalized spacial score (nSPS) is 9.87. The molecule has 0 saturated heterocycles. The van der Waals surface area contributed by atoms with Crippen molar-refractivity contribution in [1.29, 1.82) is 5.26 Å². The minimum atomic E-state index is 0.675. The summed E-state index contributed by atoms with van der Waals surface area (Å²) in [5.41, 5.74) is 7.28. The fourth-order valence-electron chi connectivity index (χ4n) is 1.48. The lowest BCUT2D eigenvalue weighted by atomic mass is 10.0. The average molecular weight is 203 g/mol. The van der Waals surface area contributed by atoms with Crippen LogP contribution >= 0.6 is 0 Å². The van der Waals surface area contributed by atoms with Crippen LogP contribution in [0.25, 0.3) is 0 Å². The smallest absolute Gasteiger partial charge is 0.0994 e. The van der Waals surface area contributed by atoms with Crippen molar-refractivity contribution < 1.29 is 0 Å². The Morgan fingerprint density at radius 1 is 1.27 bits per heavy atom. The molecule has 0 heterocycles. The van der Waals surface area contributed by atoms with Crippen LogP contribution in [0.4, 0.5) is 0 Å². The highest BCUT2D eigenvalue weighted by Gasteiger charge is 1.99. The zero-order valence-corrected chi connectivity index (χ0v) is 8.87. The van der Waals surface area contributed by atoms with Crippen molar-refractivity contribution in [2.24, 2.45) is 5.73 Å². The van der Waals surface area contributed by atoms with Gasteiger partial charge in [-0.05, 0) is 31.0 Å². The van der Waals surface area contributed by atoms with Crippen LogP contribution in [0.15, 0.2) is 24.3 Å². The van der Waals surface area contributed by atoms with Gasteiger partial charge < -0.3 is 11.1 Å². The topological polar surface area (TPSA) is 61.8 Å². The van der Waals surface area contributed by atoms with E-state index < -0.39 is 0 Å². The molecule has 1 rings (SSSR count). The third-order valence-corrected chi connectivity index (χ3v) is 2.26. The Morgan fingerprint density at radius 3 is 2.80 bits per heavy atom. The van der Waals surface area contributed by atoms with E-state index in [2.05, 4.69) is 11.4 Å². The predicted octanol–water partition coefficient (Wildman–Crippen LogP) is 1.04. The highest BCUT2D eigenvalue weighted by atomic mass is 14.9. The van der Waals surface area contributed by atoms with E-state index in [0.29, 0.717) is 6.54 Å². The molecule has 0 fully saturated rings. The van der Waals surface area contributed by atoms with E-state index in [9.17, 15) is 0 Å². The van der Waals surface area contributed by atoms with E-state index in [1.54, 1.807) is 0 Å². The second kappa shape index (κ2) is 6.99. The second-order valence-corrected chi connectivity index (χ2v) is 3.41. The van der Waals surface area contributed by atoms with Crippen molar-refractivity contribution >= 4 is 0 Å². The third-order valence-electron chi connectivity index (χ3n) is 2.26. The third kappa shape index (κ3) is 4.11. The summed E-state index contributed by atoms with van der Waals surface area (Å²) < 4.78 is 0. The van der Waals surface area contributed by atoms with E-state index in [1.165, 1.54) is 0 Å². The standard InChI is InChI=1S/C12H17N3/c13-7-9-15-8-3-6-11-4-1-2-5-12(11)10-14/h1-2,4-5,15H,3,6-9,13H2. The maximum atomic E-state index is 8.88. The number of hydrogen-bond acceptors (Lipinski definition) is 3. The van der Waals surface area contributed by atoms with Gasteiger partial charge in [0.15, 0.2) is 0 Å². The van der Waals surface area contributed by atoms with Gasteiger partial charge in [0.1, 0.15) is 0 Å². The van der Waals surface area contributed by atoms with Crippen LogP contribution in [0.1, 0.15) is 17.5 Å². The zero-order chi connectivity index (χ0) is 10.9. The van der Waals surface area contributed by atoms with Crippen molar-refractivity contribution in [3.63, 3.8) is 0 Å². The number of aryl methyl sites for hydroxylation is 1. The summed E-state index contributed by atoms with van der Waals surface area (Å²) in [7, 11) is 0. The van der Waals surface area contributed by atoms with Gasteiger partial charge in [-0.3, -0.25) is 0 Å². The Kier molecular flexibility index (Phi) is 5.46. The van der Waals surface area contributed by atoms with Crippen LogP contribution < -0.4 is 11.1 Å². The molecule has 0 saturated carbocycles. The molecule has 0 aromatic heterocycles. The van der Waals surface area contributed by atoms with E-state index in [0.717, 1.165) is 37.1 Å². The first-order valence-corrected chi connectivity index (χ1v) is 5.27. The van der Waals surface area contributed by atoms with Crippen molar-refractivity contribution in [3.05, 3.63) is 35.4 Å². The first-order chi connectivity index (χ1) is 7.38. The Labute approximate surface area is 90.9 Å². The lowest BCUT2D eigenvalue weighted by molar-refractivity contribution is 0.653. The molecule has 0 aliphatic heterocycles. The molecule has 3 heteroatoms. The number of nitrogens with zero attached hydrogens (tertiary/aromatic N) is 1. The molecule has 3 nitrogen and oxygen atoms in total. The molecule has 0 atom stereocenters. The summed E-state index contributed by atoms with van der Waals surface area (Å²) in [4.78, 5) is 0. The van der Waals surface area contributed by atoms with Gasteiger partial charge >= 0.3 is 0 Å². The van der Waals surface area contributed by atoms with E-state index >= 15 is 0 Å². The highest BCUT2D eigenvalue weighted by Crippen LogP contribution is 2.09. The van der Waals surface area contributed by atoms with E-state index in [-0.39, 0.29) is 0 Å². The molecular weight excluding hydrogens is 186 g/mol. The summed E-state index contributed by atoms with van der Waals surface area (Å²) in [5, 5.41) is 12.1. The molecule has 15 heavy (non-hydrogen) atoms. The number of nitrogens with two attached hydrogens (primary N) is 1. The SMILES string of the molecule is N#Cc1ccccc1CCCNCCN. The first kappa shape index (κ1) is 11.7. The molecule has 0 radical (unpaired) electrons. The molecular formula is C12H17N3. The minimum Gasteiger partial charge on any atom is -0.329 e. The summed E-state index contributed by atoms with van der Waals surface area (Å²) in [5.74, 6) is 0. The van der Waals surface area contributed by atoms with Crippen LogP contribution in [0.5, 0.6) is 0 Å². The largest absolute Gasteiger partial charge is 0.329 e. The fourth-order valence-corrected chi connectivity index (χ4v) is 1.48. The Balaban J connectivity index is 2.34. The van der Waals surface area contributed by atoms with Gasteiger partial charge in [0.05, 0.1) is 11.6 Å². The van der Waals surface area contributed by atoms with Gasteiger partial charge in [-0.2, -0.15) is 5.26 Å². The van der Waals surface area contributed by atoms with Crippen LogP contribution in [-0.4, -0.2) is 19.6 Å². The van der Waals surface area contributed by atoms with Crippen molar-refractivity contribution in [1.82, 2.24) is 5.32 Å². The summed E-state index contributed by atoms with van der Waals surface area (Å²) in [6, 6.07) is 9.96. The van der Waals surface area contributed by atoms with Crippen LogP contribution in [0.3, 0.4) is 0 Å². The molecule has 1 aromatic carbocycles. The van der Waals surface area contributed by atoms with E-state index in [1.807, 2.05) is 24.3 Å². The van der Waals surface area contributed by atoms with Gasteiger partial charge in [-0.25, -0.2) is 0 Å². The van der Waals surface area contributed by atoms with E-state index in [4.69, 9.17) is 11.0 Å². The summed E-state index contributed by atoms with van der Waals surface area (Å²) >= 11 is 0. The Morgan fingerprint density at radius 2 is 2.07 bits per heavy atom. The first-order valence-electron chi connectivity index (χ1n) is 5.27. The predicted molar refractivity (Wildman–Crippen MR) is 61.4 cm³/mol. The zero-order valence-electron chi connectivity index (χ0n) is 8.87. The molecule has 0 amide bonds. The van der Waals surface area contributed by atoms with Crippen LogP contribution in [0.2, 0.25) is 0 Å². The highest BCUT2D eigenvalue weighted by molar-refractivity contribution is 5.37. The van der Waals surface area contributed by atoms with Crippen molar-refractivity contribution in [2.45, 2.75) is 12.8 Å². The second-order valence-electron chi connectivity index (χ2n) is 3.41. The molecule has 0 bridgehead atoms. The van der Waals surface area contributed by atoms with Crippen molar-refractivity contribution in [3.8, 4) is 6.07 Å². The molecule has 1 aromatic rings. The monoisotopic (exact) mass is 203 g/mol. The van der Waals surface area contributed by atoms with Gasteiger partial charge in [0, 0.05) is 13.1 Å². The Hall–Kier alpha value is -1.37. The number of nitriles is 1. The number of nitrogens with one attached hydrogen (secondary N) is 1. The molecule has 80 valence electrons. The number of hydrogen-bond donors (Lipinski definition) is 2. The minimum absolute atomic E-state index is 0.675. The summed E-state index contributed by atoms with van der Waals surface area (Å²) in [6.45, 7) is 2.49. The van der Waals surface area contributed by atoms with Gasteiger partial charge in [0.25, 0.3) is 0 Å². The fraction of sp³-hybridized carbons (Fsp3) is 0.417. The lowest BCUT2D eigenvalue weighted by Crippen LogP contribution is -2.23. The van der Waals surface area contributed by atoms with Crippen LogP contribution in [0, 0.1) is 11.3 Å². The van der Waals surface area contributed by atoms with Gasteiger partial charge in [-0.15, -0.1) is 0 Å². The molecule has 0 spiro atoms. The quantitative estimate of drug-likeness (QED) is 0.679. The Bertz CT molecular complexity index is 328. The van der Waals surface area contributed by atoms with Crippen molar-refractivity contribution in [2.75, 3.05) is 19.6 Å². The van der Waals surface area contributed by atoms with Gasteiger partial charge in [-0.1, -0.05) is 18.2 Å². The maximum absolute atomic E-state index is 8.88. The molecule has 0 unspecified atom stereocenters. The average Bonchev–Trinajstić information content (AvgIpc) is 2.29. The summed E-state index contributed by atoms with van der Waals surface area (Å²) in [6.07, 6.45) is 1.99. The molecule has 0 aliphatic carbocycles. The van der Waals surface area contributed by atoms with Gasteiger partial charge in [0.2, 0.25) is 0 Å². The molecule has 3 N–H and O–H groups in total. The molecule has 0 aliphatic rings. The lowest BCUT2D eigenvalue weighted by Gasteiger charge is -2.04. The van der Waals surface area contributed by atoms with Crippen LogP contribution in [-0.2, 0) is 6.42 Å². The number of benzene rings is 1. The maximum Gasteiger partial charge on any atom is 0.0994 e. The number of rotatable bonds is 6.